The standard InChI is InChI=1S/C12H22F2N2O/c1-11(2,17)10-7-12(13,14)8-16(10)9-3-5-15-6-4-9/h9-10,15,17H,3-8H2,1-2H3/t10-/m1/s1. The summed E-state index contributed by atoms with van der Waals surface area (Å²) in [5, 5.41) is 13.3. The second kappa shape index (κ2) is 4.44. The molecule has 0 aromatic rings. The zero-order valence-electron chi connectivity index (χ0n) is 10.5. The average molecular weight is 248 g/mol. The van der Waals surface area contributed by atoms with E-state index in [9.17, 15) is 13.9 Å². The first kappa shape index (κ1) is 13.2. The van der Waals surface area contributed by atoms with Crippen LogP contribution in [-0.2, 0) is 0 Å². The number of alkyl halides is 2. The molecule has 0 aliphatic carbocycles. The van der Waals surface area contributed by atoms with Crippen LogP contribution in [0.4, 0.5) is 8.78 Å². The maximum absolute atomic E-state index is 13.6. The molecule has 2 fully saturated rings. The molecule has 0 spiro atoms. The van der Waals surface area contributed by atoms with Crippen LogP contribution in [0.1, 0.15) is 33.1 Å². The molecule has 5 heteroatoms. The third-order valence-corrected chi connectivity index (χ3v) is 3.90. The van der Waals surface area contributed by atoms with Crippen LogP contribution in [0.3, 0.4) is 0 Å². The number of aliphatic hydroxyl groups is 1. The van der Waals surface area contributed by atoms with Crippen LogP contribution in [-0.4, -0.2) is 53.2 Å². The Balaban J connectivity index is 2.12. The predicted molar refractivity (Wildman–Crippen MR) is 62.2 cm³/mol. The normalized spacial score (nSPS) is 31.9. The van der Waals surface area contributed by atoms with Gasteiger partial charge in [-0.15, -0.1) is 0 Å². The fourth-order valence-corrected chi connectivity index (χ4v) is 3.02. The van der Waals surface area contributed by atoms with E-state index in [4.69, 9.17) is 0 Å². The van der Waals surface area contributed by atoms with Crippen molar-refractivity contribution in [2.75, 3.05) is 19.6 Å². The van der Waals surface area contributed by atoms with Crippen LogP contribution in [0.5, 0.6) is 0 Å². The molecular formula is C12H22F2N2O. The maximum Gasteiger partial charge on any atom is 0.262 e. The number of piperidine rings is 1. The van der Waals surface area contributed by atoms with Gasteiger partial charge in [-0.3, -0.25) is 4.90 Å². The number of hydrogen-bond donors (Lipinski definition) is 2. The largest absolute Gasteiger partial charge is 0.389 e. The first-order chi connectivity index (χ1) is 7.80. The molecule has 0 radical (unpaired) electrons. The summed E-state index contributed by atoms with van der Waals surface area (Å²) in [6.45, 7) is 4.82. The van der Waals surface area contributed by atoms with Crippen LogP contribution < -0.4 is 5.32 Å². The van der Waals surface area contributed by atoms with Gasteiger partial charge in [0.25, 0.3) is 5.92 Å². The summed E-state index contributed by atoms with van der Waals surface area (Å²) in [7, 11) is 0. The Hall–Kier alpha value is -0.260. The van der Waals surface area contributed by atoms with Gasteiger partial charge in [0, 0.05) is 18.5 Å². The molecule has 100 valence electrons. The smallest absolute Gasteiger partial charge is 0.262 e. The monoisotopic (exact) mass is 248 g/mol. The van der Waals surface area contributed by atoms with E-state index in [0.29, 0.717) is 0 Å². The molecule has 17 heavy (non-hydrogen) atoms. The topological polar surface area (TPSA) is 35.5 Å². The number of hydrogen-bond acceptors (Lipinski definition) is 3. The van der Waals surface area contributed by atoms with E-state index in [1.54, 1.807) is 13.8 Å². The van der Waals surface area contributed by atoms with E-state index in [1.165, 1.54) is 0 Å². The van der Waals surface area contributed by atoms with E-state index in [1.807, 2.05) is 4.90 Å². The Morgan fingerprint density at radius 2 is 1.88 bits per heavy atom. The maximum atomic E-state index is 13.6. The minimum atomic E-state index is -2.66. The summed E-state index contributed by atoms with van der Waals surface area (Å²) in [4.78, 5) is 1.83. The van der Waals surface area contributed by atoms with Gasteiger partial charge in [0.05, 0.1) is 12.1 Å². The predicted octanol–water partition coefficient (Wildman–Crippen LogP) is 1.22. The summed E-state index contributed by atoms with van der Waals surface area (Å²) < 4.78 is 27.1. The van der Waals surface area contributed by atoms with Crippen LogP contribution in [0, 0.1) is 0 Å². The molecule has 2 aliphatic heterocycles. The Bertz CT molecular complexity index is 272. The number of rotatable bonds is 2. The molecule has 1 atom stereocenters. The zero-order valence-corrected chi connectivity index (χ0v) is 10.5. The van der Waals surface area contributed by atoms with E-state index >= 15 is 0 Å². The lowest BCUT2D eigenvalue weighted by molar-refractivity contribution is -0.0215. The summed E-state index contributed by atoms with van der Waals surface area (Å²) in [5.41, 5.74) is -1.06. The van der Waals surface area contributed by atoms with Gasteiger partial charge in [0.1, 0.15) is 0 Å². The number of nitrogens with zero attached hydrogens (tertiary/aromatic N) is 1. The lowest BCUT2D eigenvalue weighted by atomic mass is 9.93. The first-order valence-corrected chi connectivity index (χ1v) is 6.36. The lowest BCUT2D eigenvalue weighted by Crippen LogP contribution is -2.52. The Labute approximate surface area is 101 Å². The van der Waals surface area contributed by atoms with Crippen molar-refractivity contribution >= 4 is 0 Å². The second-order valence-corrected chi connectivity index (χ2v) is 5.88. The molecule has 2 heterocycles. The van der Waals surface area contributed by atoms with Crippen molar-refractivity contribution in [3.63, 3.8) is 0 Å². The third-order valence-electron chi connectivity index (χ3n) is 3.90. The fraction of sp³-hybridized carbons (Fsp3) is 1.00. The number of nitrogens with one attached hydrogen (secondary N) is 1. The highest BCUT2D eigenvalue weighted by Crippen LogP contribution is 2.39. The van der Waals surface area contributed by atoms with E-state index in [0.717, 1.165) is 25.9 Å². The average Bonchev–Trinajstić information content (AvgIpc) is 2.56. The van der Waals surface area contributed by atoms with Gasteiger partial charge in [-0.25, -0.2) is 8.78 Å². The molecule has 3 nitrogen and oxygen atoms in total. The zero-order chi connectivity index (χ0) is 12.7. The molecule has 2 N–H and O–H groups in total. The van der Waals surface area contributed by atoms with Gasteiger partial charge in [-0.05, 0) is 39.8 Å². The van der Waals surface area contributed by atoms with E-state index in [2.05, 4.69) is 5.32 Å². The molecule has 0 saturated carbocycles. The molecule has 2 saturated heterocycles. The van der Waals surface area contributed by atoms with Gasteiger partial charge in [-0.1, -0.05) is 0 Å². The van der Waals surface area contributed by atoms with Crippen LogP contribution in [0.2, 0.25) is 0 Å². The van der Waals surface area contributed by atoms with Crippen molar-refractivity contribution in [2.45, 2.75) is 56.7 Å². The Kier molecular flexibility index (Phi) is 3.45. The van der Waals surface area contributed by atoms with Crippen molar-refractivity contribution in [3.8, 4) is 0 Å². The molecular weight excluding hydrogens is 226 g/mol. The lowest BCUT2D eigenvalue weighted by Gasteiger charge is -2.40. The van der Waals surface area contributed by atoms with E-state index in [-0.39, 0.29) is 19.0 Å². The molecule has 0 aromatic heterocycles. The highest BCUT2D eigenvalue weighted by molar-refractivity contribution is 5.01. The van der Waals surface area contributed by atoms with Gasteiger partial charge in [0.2, 0.25) is 0 Å². The molecule has 0 unspecified atom stereocenters. The third kappa shape index (κ3) is 2.95. The van der Waals surface area contributed by atoms with Crippen molar-refractivity contribution in [2.24, 2.45) is 0 Å². The van der Waals surface area contributed by atoms with Crippen LogP contribution >= 0.6 is 0 Å². The van der Waals surface area contributed by atoms with Crippen molar-refractivity contribution in [3.05, 3.63) is 0 Å². The van der Waals surface area contributed by atoms with Gasteiger partial charge in [-0.2, -0.15) is 0 Å². The molecule has 2 rings (SSSR count). The highest BCUT2D eigenvalue weighted by Gasteiger charge is 2.51. The fourth-order valence-electron chi connectivity index (χ4n) is 3.02. The highest BCUT2D eigenvalue weighted by atomic mass is 19.3. The quantitative estimate of drug-likeness (QED) is 0.771. The summed E-state index contributed by atoms with van der Waals surface area (Å²) in [5.74, 6) is -2.66. The Morgan fingerprint density at radius 3 is 2.41 bits per heavy atom. The van der Waals surface area contributed by atoms with Crippen molar-refractivity contribution < 1.29 is 13.9 Å². The van der Waals surface area contributed by atoms with Crippen molar-refractivity contribution in [1.29, 1.82) is 0 Å². The summed E-state index contributed by atoms with van der Waals surface area (Å²) >= 11 is 0. The van der Waals surface area contributed by atoms with Crippen LogP contribution in [0.25, 0.3) is 0 Å². The summed E-state index contributed by atoms with van der Waals surface area (Å²) in [6.07, 6.45) is 1.56. The van der Waals surface area contributed by atoms with Crippen LogP contribution in [0.15, 0.2) is 0 Å². The summed E-state index contributed by atoms with van der Waals surface area (Å²) in [6, 6.07) is -0.248. The number of likely N-dealkylation sites (tertiary alicyclic amines) is 1. The Morgan fingerprint density at radius 1 is 1.29 bits per heavy atom. The van der Waals surface area contributed by atoms with E-state index < -0.39 is 17.6 Å². The SMILES string of the molecule is CC(C)(O)[C@H]1CC(F)(F)CN1C1CCNCC1. The minimum absolute atomic E-state index is 0.182. The molecule has 0 aromatic carbocycles. The van der Waals surface area contributed by atoms with Crippen molar-refractivity contribution in [1.82, 2.24) is 10.2 Å². The second-order valence-electron chi connectivity index (χ2n) is 5.88. The molecule has 0 bridgehead atoms. The first-order valence-electron chi connectivity index (χ1n) is 6.36. The molecule has 0 amide bonds. The van der Waals surface area contributed by atoms with Gasteiger partial charge >= 0.3 is 0 Å². The minimum Gasteiger partial charge on any atom is -0.389 e. The number of halogens is 2. The van der Waals surface area contributed by atoms with Gasteiger partial charge < -0.3 is 10.4 Å². The van der Waals surface area contributed by atoms with Gasteiger partial charge in [0.15, 0.2) is 0 Å². The molecule has 2 aliphatic rings.